The second-order valence-corrected chi connectivity index (χ2v) is 7.69. The molecule has 1 aromatic carbocycles. The van der Waals surface area contributed by atoms with Crippen LogP contribution in [0.15, 0.2) is 54.7 Å². The molecule has 5 rings (SSSR count). The Hall–Kier alpha value is -3.98. The summed E-state index contributed by atoms with van der Waals surface area (Å²) in [5, 5.41) is 8.45. The Labute approximate surface area is 185 Å². The molecule has 0 radical (unpaired) electrons. The van der Waals surface area contributed by atoms with Crippen LogP contribution in [0, 0.1) is 0 Å². The number of piperazine rings is 1. The zero-order valence-corrected chi connectivity index (χ0v) is 17.7. The van der Waals surface area contributed by atoms with Crippen LogP contribution in [0.4, 0.5) is 11.5 Å². The van der Waals surface area contributed by atoms with E-state index in [1.54, 1.807) is 6.20 Å². The summed E-state index contributed by atoms with van der Waals surface area (Å²) in [6, 6.07) is 15.4. The molecule has 3 aromatic heterocycles. The average molecular weight is 429 g/mol. The molecule has 0 saturated carbocycles. The predicted octanol–water partition coefficient (Wildman–Crippen LogP) is 2.24. The molecular formula is C23H24N8O. The number of nitrogens with two attached hydrogens (primary N) is 1. The third kappa shape index (κ3) is 3.74. The van der Waals surface area contributed by atoms with Crippen molar-refractivity contribution in [1.82, 2.24) is 24.9 Å². The Bertz CT molecular complexity index is 1290. The van der Waals surface area contributed by atoms with Gasteiger partial charge in [0.05, 0.1) is 11.3 Å². The number of pyridine rings is 2. The maximum atomic E-state index is 11.5. The number of nitrogen functional groups attached to an aromatic ring is 1. The smallest absolute Gasteiger partial charge is 0.221 e. The molecule has 1 amide bonds. The largest absolute Gasteiger partial charge is 0.383 e. The van der Waals surface area contributed by atoms with Crippen molar-refractivity contribution in [3.05, 3.63) is 54.7 Å². The maximum absolute atomic E-state index is 11.5. The quantitative estimate of drug-likeness (QED) is 0.457. The molecule has 0 unspecified atom stereocenters. The SMILES string of the molecule is CC(=O)Nc1cccc(-c2ccc3nc(-c4cccnc4N)n(N4CCNCC4)c3n2)c1. The molecule has 1 aliphatic rings. The first-order chi connectivity index (χ1) is 15.6. The van der Waals surface area contributed by atoms with Crippen LogP contribution in [0.25, 0.3) is 33.8 Å². The van der Waals surface area contributed by atoms with Crippen LogP contribution in [-0.2, 0) is 4.79 Å². The van der Waals surface area contributed by atoms with E-state index in [4.69, 9.17) is 15.7 Å². The van der Waals surface area contributed by atoms with Crippen LogP contribution < -0.4 is 21.4 Å². The topological polar surface area (TPSA) is 114 Å². The monoisotopic (exact) mass is 428 g/mol. The standard InChI is InChI=1S/C23H24N8O/c1-15(32)27-17-5-2-4-16(14-17)19-7-8-20-23(28-19)31(30-12-10-25-11-13-30)22(29-20)18-6-3-9-26-21(18)24/h2-9,14,25H,10-13H2,1H3,(H2,24,26)(H,27,32). The lowest BCUT2D eigenvalue weighted by Gasteiger charge is -2.31. The third-order valence-electron chi connectivity index (χ3n) is 5.42. The fourth-order valence-corrected chi connectivity index (χ4v) is 3.97. The molecule has 32 heavy (non-hydrogen) atoms. The molecule has 1 saturated heterocycles. The number of imidazole rings is 1. The summed E-state index contributed by atoms with van der Waals surface area (Å²) < 4.78 is 2.06. The van der Waals surface area contributed by atoms with Gasteiger partial charge >= 0.3 is 0 Å². The fraction of sp³-hybridized carbons (Fsp3) is 0.217. The highest BCUT2D eigenvalue weighted by Gasteiger charge is 2.22. The number of nitrogens with one attached hydrogen (secondary N) is 2. The van der Waals surface area contributed by atoms with Crippen LogP contribution in [0.2, 0.25) is 0 Å². The van der Waals surface area contributed by atoms with Gasteiger partial charge in [0.2, 0.25) is 5.91 Å². The minimum atomic E-state index is -0.110. The predicted molar refractivity (Wildman–Crippen MR) is 126 cm³/mol. The number of amides is 1. The molecule has 0 aliphatic carbocycles. The van der Waals surface area contributed by atoms with E-state index in [2.05, 4.69) is 25.3 Å². The lowest BCUT2D eigenvalue weighted by Crippen LogP contribution is -2.49. The van der Waals surface area contributed by atoms with Gasteiger partial charge in [-0.15, -0.1) is 0 Å². The van der Waals surface area contributed by atoms with E-state index in [1.807, 2.05) is 48.5 Å². The molecule has 0 bridgehead atoms. The molecule has 4 heterocycles. The van der Waals surface area contributed by atoms with Gasteiger partial charge in [-0.1, -0.05) is 12.1 Å². The second kappa shape index (κ2) is 8.27. The van der Waals surface area contributed by atoms with E-state index in [-0.39, 0.29) is 5.91 Å². The van der Waals surface area contributed by atoms with Gasteiger partial charge in [0.1, 0.15) is 11.3 Å². The molecule has 162 valence electrons. The number of hydrogen-bond acceptors (Lipinski definition) is 7. The first kappa shape index (κ1) is 20.0. The van der Waals surface area contributed by atoms with Crippen LogP contribution >= 0.6 is 0 Å². The zero-order chi connectivity index (χ0) is 22.1. The molecule has 4 aromatic rings. The molecule has 0 atom stereocenters. The van der Waals surface area contributed by atoms with Gasteiger partial charge in [-0.05, 0) is 36.4 Å². The Morgan fingerprint density at radius 1 is 1.09 bits per heavy atom. The van der Waals surface area contributed by atoms with Crippen molar-refractivity contribution in [1.29, 1.82) is 0 Å². The van der Waals surface area contributed by atoms with E-state index in [9.17, 15) is 4.79 Å². The molecule has 1 fully saturated rings. The number of nitrogens with zero attached hydrogens (tertiary/aromatic N) is 5. The number of carbonyl (C=O) groups is 1. The number of rotatable bonds is 4. The first-order valence-corrected chi connectivity index (χ1v) is 10.5. The summed E-state index contributed by atoms with van der Waals surface area (Å²) in [5.74, 6) is 1.05. The fourth-order valence-electron chi connectivity index (χ4n) is 3.97. The summed E-state index contributed by atoms with van der Waals surface area (Å²) in [6.45, 7) is 4.89. The summed E-state index contributed by atoms with van der Waals surface area (Å²) in [7, 11) is 0. The molecular weight excluding hydrogens is 404 g/mol. The van der Waals surface area contributed by atoms with Crippen molar-refractivity contribution >= 4 is 28.6 Å². The minimum Gasteiger partial charge on any atom is -0.383 e. The van der Waals surface area contributed by atoms with Gasteiger partial charge in [-0.3, -0.25) is 4.79 Å². The van der Waals surface area contributed by atoms with Crippen molar-refractivity contribution in [2.45, 2.75) is 6.92 Å². The van der Waals surface area contributed by atoms with Crippen molar-refractivity contribution in [2.24, 2.45) is 0 Å². The molecule has 4 N–H and O–H groups in total. The number of carbonyl (C=O) groups excluding carboxylic acids is 1. The number of benzene rings is 1. The molecule has 9 heteroatoms. The van der Waals surface area contributed by atoms with Crippen molar-refractivity contribution < 1.29 is 4.79 Å². The van der Waals surface area contributed by atoms with Crippen molar-refractivity contribution in [3.63, 3.8) is 0 Å². The number of fused-ring (bicyclic) bond motifs is 1. The zero-order valence-electron chi connectivity index (χ0n) is 17.7. The van der Waals surface area contributed by atoms with Gasteiger partial charge < -0.3 is 21.4 Å². The van der Waals surface area contributed by atoms with Crippen LogP contribution in [0.3, 0.4) is 0 Å². The summed E-state index contributed by atoms with van der Waals surface area (Å²) in [6.07, 6.45) is 1.68. The van der Waals surface area contributed by atoms with Crippen LogP contribution in [0.1, 0.15) is 6.92 Å². The normalized spacial score (nSPS) is 14.0. The molecule has 0 spiro atoms. The lowest BCUT2D eigenvalue weighted by atomic mass is 10.1. The lowest BCUT2D eigenvalue weighted by molar-refractivity contribution is -0.114. The number of hydrogen-bond donors (Lipinski definition) is 3. The van der Waals surface area contributed by atoms with Gasteiger partial charge in [0.15, 0.2) is 11.5 Å². The number of anilines is 2. The van der Waals surface area contributed by atoms with E-state index in [1.165, 1.54) is 6.92 Å². The summed E-state index contributed by atoms with van der Waals surface area (Å²) in [4.78, 5) is 25.6. The molecule has 9 nitrogen and oxygen atoms in total. The van der Waals surface area contributed by atoms with E-state index >= 15 is 0 Å². The molecule has 1 aliphatic heterocycles. The first-order valence-electron chi connectivity index (χ1n) is 10.5. The van der Waals surface area contributed by atoms with Gasteiger partial charge in [0.25, 0.3) is 0 Å². The number of aromatic nitrogens is 4. The highest BCUT2D eigenvalue weighted by atomic mass is 16.1. The summed E-state index contributed by atoms with van der Waals surface area (Å²) in [5.41, 5.74) is 11.0. The Balaban J connectivity index is 1.67. The Kier molecular flexibility index (Phi) is 5.16. The van der Waals surface area contributed by atoms with Crippen molar-refractivity contribution in [3.8, 4) is 22.6 Å². The van der Waals surface area contributed by atoms with E-state index < -0.39 is 0 Å². The van der Waals surface area contributed by atoms with E-state index in [0.717, 1.165) is 65.7 Å². The average Bonchev–Trinajstić information content (AvgIpc) is 3.18. The van der Waals surface area contributed by atoms with Gasteiger partial charge in [-0.25, -0.2) is 19.6 Å². The van der Waals surface area contributed by atoms with Crippen molar-refractivity contribution in [2.75, 3.05) is 42.2 Å². The highest BCUT2D eigenvalue weighted by molar-refractivity contribution is 5.89. The maximum Gasteiger partial charge on any atom is 0.221 e. The van der Waals surface area contributed by atoms with Crippen LogP contribution in [-0.4, -0.2) is 51.7 Å². The van der Waals surface area contributed by atoms with Gasteiger partial charge in [-0.2, -0.15) is 0 Å². The Morgan fingerprint density at radius 2 is 1.94 bits per heavy atom. The van der Waals surface area contributed by atoms with E-state index in [0.29, 0.717) is 5.82 Å². The third-order valence-corrected chi connectivity index (χ3v) is 5.42. The Morgan fingerprint density at radius 3 is 2.72 bits per heavy atom. The minimum absolute atomic E-state index is 0.110. The van der Waals surface area contributed by atoms with Crippen LogP contribution in [0.5, 0.6) is 0 Å². The van der Waals surface area contributed by atoms with Gasteiger partial charge in [0, 0.05) is 50.6 Å². The summed E-state index contributed by atoms with van der Waals surface area (Å²) >= 11 is 0. The second-order valence-electron chi connectivity index (χ2n) is 7.69. The highest BCUT2D eigenvalue weighted by Crippen LogP contribution is 2.30.